The Labute approximate surface area is 88.5 Å². The van der Waals surface area contributed by atoms with Crippen LogP contribution in [0, 0.1) is 0 Å². The molecule has 0 saturated heterocycles. The third-order valence-electron chi connectivity index (χ3n) is 2.21. The molecule has 0 amide bonds. The van der Waals surface area contributed by atoms with Gasteiger partial charge in [-0.1, -0.05) is 63.3 Å². The summed E-state index contributed by atoms with van der Waals surface area (Å²) in [6.45, 7) is 2.39. The van der Waals surface area contributed by atoms with Gasteiger partial charge in [-0.05, 0) is 12.8 Å². The number of unbranched alkanes of at least 4 members (excludes halogenated alkanes) is 6. The van der Waals surface area contributed by atoms with E-state index < -0.39 is 0 Å². The zero-order valence-corrected chi connectivity index (χ0v) is 9.41. The Morgan fingerprint density at radius 2 is 1.50 bits per heavy atom. The van der Waals surface area contributed by atoms with Crippen molar-refractivity contribution in [1.82, 2.24) is 0 Å². The zero-order chi connectivity index (χ0) is 10.5. The van der Waals surface area contributed by atoms with Gasteiger partial charge in [-0.2, -0.15) is 0 Å². The first kappa shape index (κ1) is 13.4. The molecule has 0 unspecified atom stereocenters. The van der Waals surface area contributed by atoms with E-state index in [-0.39, 0.29) is 6.61 Å². The quantitative estimate of drug-likeness (QED) is 0.439. The standard InChI is InChI=1S/C13H24O/c1-2-3-4-5-6-7-8-9-10-11-12-13-14/h9-12,14H,2-8,13H2,1H3. The Hall–Kier alpha value is -0.560. The number of hydrogen-bond acceptors (Lipinski definition) is 1. The smallest absolute Gasteiger partial charge is 0.0615 e. The number of aliphatic hydroxyl groups is 1. The molecule has 0 aliphatic carbocycles. The highest BCUT2D eigenvalue weighted by Gasteiger charge is 1.87. The van der Waals surface area contributed by atoms with Crippen molar-refractivity contribution in [3.05, 3.63) is 24.3 Å². The van der Waals surface area contributed by atoms with E-state index in [2.05, 4.69) is 13.0 Å². The van der Waals surface area contributed by atoms with Crippen LogP contribution in [0.15, 0.2) is 24.3 Å². The van der Waals surface area contributed by atoms with Gasteiger partial charge in [0.25, 0.3) is 0 Å². The van der Waals surface area contributed by atoms with Crippen LogP contribution in [0.25, 0.3) is 0 Å². The third kappa shape index (κ3) is 11.4. The highest BCUT2D eigenvalue weighted by Crippen LogP contribution is 2.06. The van der Waals surface area contributed by atoms with Crippen molar-refractivity contribution in [2.24, 2.45) is 0 Å². The minimum atomic E-state index is 0.140. The van der Waals surface area contributed by atoms with Crippen molar-refractivity contribution < 1.29 is 5.11 Å². The average molecular weight is 196 g/mol. The molecule has 0 aromatic carbocycles. The molecule has 0 bridgehead atoms. The summed E-state index contributed by atoms with van der Waals surface area (Å²) in [5.41, 5.74) is 0. The summed E-state index contributed by atoms with van der Waals surface area (Å²) in [5, 5.41) is 8.47. The summed E-state index contributed by atoms with van der Waals surface area (Å²) in [5.74, 6) is 0. The average Bonchev–Trinajstić information content (AvgIpc) is 2.21. The Morgan fingerprint density at radius 3 is 2.21 bits per heavy atom. The van der Waals surface area contributed by atoms with E-state index >= 15 is 0 Å². The van der Waals surface area contributed by atoms with Crippen LogP contribution in [0.3, 0.4) is 0 Å². The van der Waals surface area contributed by atoms with Crippen molar-refractivity contribution in [3.63, 3.8) is 0 Å². The molecule has 0 aliphatic rings. The predicted molar refractivity (Wildman–Crippen MR) is 63.4 cm³/mol. The van der Waals surface area contributed by atoms with Gasteiger partial charge >= 0.3 is 0 Å². The normalized spacial score (nSPS) is 11.9. The van der Waals surface area contributed by atoms with Gasteiger partial charge in [-0.3, -0.25) is 0 Å². The Kier molecular flexibility index (Phi) is 11.9. The van der Waals surface area contributed by atoms with Crippen LogP contribution < -0.4 is 0 Å². The van der Waals surface area contributed by atoms with E-state index in [1.807, 2.05) is 12.2 Å². The van der Waals surface area contributed by atoms with Crippen LogP contribution in [0.2, 0.25) is 0 Å². The third-order valence-corrected chi connectivity index (χ3v) is 2.21. The van der Waals surface area contributed by atoms with Crippen molar-refractivity contribution in [1.29, 1.82) is 0 Å². The van der Waals surface area contributed by atoms with Crippen LogP contribution >= 0.6 is 0 Å². The van der Waals surface area contributed by atoms with Gasteiger partial charge in [0.05, 0.1) is 6.61 Å². The van der Waals surface area contributed by atoms with E-state index in [9.17, 15) is 0 Å². The molecule has 0 aromatic heterocycles. The minimum Gasteiger partial charge on any atom is -0.392 e. The predicted octanol–water partition coefficient (Wildman–Crippen LogP) is 3.84. The molecule has 0 saturated carbocycles. The van der Waals surface area contributed by atoms with Gasteiger partial charge < -0.3 is 5.11 Å². The van der Waals surface area contributed by atoms with Gasteiger partial charge in [-0.25, -0.2) is 0 Å². The maximum Gasteiger partial charge on any atom is 0.0615 e. The van der Waals surface area contributed by atoms with E-state index in [1.165, 1.54) is 44.9 Å². The Balaban J connectivity index is 3.05. The Morgan fingerprint density at radius 1 is 0.857 bits per heavy atom. The fourth-order valence-electron chi connectivity index (χ4n) is 1.36. The molecule has 0 rings (SSSR count). The SMILES string of the molecule is CCCCCCCCC=CC=CCO. The maximum atomic E-state index is 8.47. The monoisotopic (exact) mass is 196 g/mol. The first-order valence-electron chi connectivity index (χ1n) is 5.84. The van der Waals surface area contributed by atoms with Crippen LogP contribution in [0.4, 0.5) is 0 Å². The van der Waals surface area contributed by atoms with Gasteiger partial charge in [0.1, 0.15) is 0 Å². The van der Waals surface area contributed by atoms with Gasteiger partial charge in [0.2, 0.25) is 0 Å². The second-order valence-electron chi connectivity index (χ2n) is 3.60. The van der Waals surface area contributed by atoms with Gasteiger partial charge in [-0.15, -0.1) is 0 Å². The molecule has 0 heterocycles. The van der Waals surface area contributed by atoms with Crippen molar-refractivity contribution >= 4 is 0 Å². The highest BCUT2D eigenvalue weighted by atomic mass is 16.2. The molecule has 1 heteroatoms. The topological polar surface area (TPSA) is 20.2 Å². The number of rotatable bonds is 9. The summed E-state index contributed by atoms with van der Waals surface area (Å²) < 4.78 is 0. The van der Waals surface area contributed by atoms with Gasteiger partial charge in [0.15, 0.2) is 0 Å². The number of aliphatic hydroxyl groups excluding tert-OH is 1. The molecular weight excluding hydrogens is 172 g/mol. The van der Waals surface area contributed by atoms with Gasteiger partial charge in [0, 0.05) is 0 Å². The lowest BCUT2D eigenvalue weighted by Gasteiger charge is -1.97. The number of allylic oxidation sites excluding steroid dienone is 3. The highest BCUT2D eigenvalue weighted by molar-refractivity contribution is 5.02. The first-order valence-corrected chi connectivity index (χ1v) is 5.84. The van der Waals surface area contributed by atoms with Crippen LogP contribution in [-0.2, 0) is 0 Å². The summed E-state index contributed by atoms with van der Waals surface area (Å²) in [4.78, 5) is 0. The molecule has 0 radical (unpaired) electrons. The molecule has 0 aliphatic heterocycles. The largest absolute Gasteiger partial charge is 0.392 e. The second-order valence-corrected chi connectivity index (χ2v) is 3.60. The lowest BCUT2D eigenvalue weighted by Crippen LogP contribution is -1.77. The molecule has 0 aromatic rings. The molecule has 82 valence electrons. The maximum absolute atomic E-state index is 8.47. The zero-order valence-electron chi connectivity index (χ0n) is 9.41. The van der Waals surface area contributed by atoms with E-state index in [0.717, 1.165) is 0 Å². The van der Waals surface area contributed by atoms with Crippen molar-refractivity contribution in [3.8, 4) is 0 Å². The molecule has 0 atom stereocenters. The summed E-state index contributed by atoms with van der Waals surface area (Å²) in [7, 11) is 0. The molecule has 1 nitrogen and oxygen atoms in total. The summed E-state index contributed by atoms with van der Waals surface area (Å²) in [6.07, 6.45) is 17.1. The van der Waals surface area contributed by atoms with E-state index in [4.69, 9.17) is 5.11 Å². The fourth-order valence-corrected chi connectivity index (χ4v) is 1.36. The van der Waals surface area contributed by atoms with Crippen molar-refractivity contribution in [2.75, 3.05) is 6.61 Å². The molecular formula is C13H24O. The van der Waals surface area contributed by atoms with E-state index in [0.29, 0.717) is 0 Å². The lowest BCUT2D eigenvalue weighted by atomic mass is 10.1. The van der Waals surface area contributed by atoms with E-state index in [1.54, 1.807) is 6.08 Å². The molecule has 0 spiro atoms. The minimum absolute atomic E-state index is 0.140. The fraction of sp³-hybridized carbons (Fsp3) is 0.692. The molecule has 1 N–H and O–H groups in total. The number of hydrogen-bond donors (Lipinski definition) is 1. The Bertz CT molecular complexity index is 147. The van der Waals surface area contributed by atoms with Crippen LogP contribution in [0.5, 0.6) is 0 Å². The van der Waals surface area contributed by atoms with Crippen LogP contribution in [0.1, 0.15) is 51.9 Å². The summed E-state index contributed by atoms with van der Waals surface area (Å²) in [6, 6.07) is 0. The van der Waals surface area contributed by atoms with Crippen molar-refractivity contribution in [2.45, 2.75) is 51.9 Å². The lowest BCUT2D eigenvalue weighted by molar-refractivity contribution is 0.343. The molecule has 0 fully saturated rings. The molecule has 14 heavy (non-hydrogen) atoms. The van der Waals surface area contributed by atoms with Crippen LogP contribution in [-0.4, -0.2) is 11.7 Å². The second kappa shape index (κ2) is 12.4. The summed E-state index contributed by atoms with van der Waals surface area (Å²) >= 11 is 0. The first-order chi connectivity index (χ1) is 6.91.